The molecule has 0 aromatic heterocycles. The quantitative estimate of drug-likeness (QED) is 0.308. The van der Waals surface area contributed by atoms with Gasteiger partial charge in [0.05, 0.1) is 34.8 Å². The number of rotatable bonds is 6. The Labute approximate surface area is 254 Å². The molecule has 2 bridgehead atoms. The van der Waals surface area contributed by atoms with Crippen molar-refractivity contribution in [2.24, 2.45) is 35.5 Å². The second-order valence-electron chi connectivity index (χ2n) is 10.1. The minimum absolute atomic E-state index is 0.148. The van der Waals surface area contributed by atoms with Crippen molar-refractivity contribution in [1.29, 1.82) is 0 Å². The molecule has 2 aromatic carbocycles. The summed E-state index contributed by atoms with van der Waals surface area (Å²) in [6.07, 6.45) is 36.2. The van der Waals surface area contributed by atoms with Crippen LogP contribution >= 0.6 is 0 Å². The van der Waals surface area contributed by atoms with E-state index in [9.17, 15) is 29.4 Å². The van der Waals surface area contributed by atoms with Gasteiger partial charge < -0.3 is 20.8 Å². The molecule has 44 heavy (non-hydrogen) atoms. The molecule has 6 unspecified atom stereocenters. The number of carboxylic acid groups (broad SMARTS) is 2. The number of hydrogen-bond donors (Lipinski definition) is 4. The molecule has 6 atom stereocenters. The topological polar surface area (TPSA) is 133 Å². The Hall–Kier alpha value is -6.58. The zero-order valence-electron chi connectivity index (χ0n) is 22.9. The van der Waals surface area contributed by atoms with Crippen LogP contribution in [0, 0.1) is 110 Å². The van der Waals surface area contributed by atoms with Gasteiger partial charge in [-0.15, -0.1) is 38.5 Å². The number of carbonyl (C=O) groups excluding carboxylic acids is 2. The molecule has 0 spiro atoms. The van der Waals surface area contributed by atoms with Gasteiger partial charge in [-0.25, -0.2) is 0 Å². The second-order valence-corrected chi connectivity index (χ2v) is 10.1. The molecule has 2 amide bonds. The lowest BCUT2D eigenvalue weighted by Gasteiger charge is -2.49. The highest BCUT2D eigenvalue weighted by Gasteiger charge is 2.60. The van der Waals surface area contributed by atoms with Gasteiger partial charge in [-0.05, 0) is 24.3 Å². The molecule has 0 aliphatic heterocycles. The maximum atomic E-state index is 13.7. The standard InChI is InChI=1S/C36H22N2O6/c1-7-19-15-23(16-20(8-2)25(19)11-5)37-33(39)29-27-13-14-28(31(29)35(41)42)30(32(27)36(43)44)34(40)38-24-17-21(9-3)26(12-6)22(10-4)18-24/h1-6,13-18,27-32H,(H,37,39)(H,38,40)(H,41,42)(H,43,44). The third kappa shape index (κ3) is 5.13. The summed E-state index contributed by atoms with van der Waals surface area (Å²) in [5.41, 5.74) is 1.76. The van der Waals surface area contributed by atoms with Crippen molar-refractivity contribution in [3.63, 3.8) is 0 Å². The smallest absolute Gasteiger partial charge is 0.307 e. The summed E-state index contributed by atoms with van der Waals surface area (Å²) in [4.78, 5) is 52.5. The monoisotopic (exact) mass is 578 g/mol. The van der Waals surface area contributed by atoms with Crippen LogP contribution in [0.4, 0.5) is 11.4 Å². The van der Waals surface area contributed by atoms with Crippen LogP contribution in [0.25, 0.3) is 0 Å². The van der Waals surface area contributed by atoms with Gasteiger partial charge in [0.25, 0.3) is 0 Å². The minimum Gasteiger partial charge on any atom is -0.481 e. The van der Waals surface area contributed by atoms with Crippen molar-refractivity contribution in [3.8, 4) is 74.1 Å². The Morgan fingerprint density at radius 2 is 0.818 bits per heavy atom. The lowest BCUT2D eigenvalue weighted by Crippen LogP contribution is -2.59. The third-order valence-corrected chi connectivity index (χ3v) is 7.89. The number of carbonyl (C=O) groups is 4. The number of allylic oxidation sites excluding steroid dienone is 2. The first-order valence-corrected chi connectivity index (χ1v) is 13.0. The summed E-state index contributed by atoms with van der Waals surface area (Å²) in [5, 5.41) is 25.7. The summed E-state index contributed by atoms with van der Waals surface area (Å²) in [5.74, 6) is 2.12. The second kappa shape index (κ2) is 12.1. The van der Waals surface area contributed by atoms with Crippen LogP contribution in [0.3, 0.4) is 0 Å². The fourth-order valence-corrected chi connectivity index (χ4v) is 6.10. The Morgan fingerprint density at radius 1 is 0.523 bits per heavy atom. The van der Waals surface area contributed by atoms with Crippen molar-refractivity contribution in [2.75, 3.05) is 10.6 Å². The number of benzene rings is 2. The fourth-order valence-electron chi connectivity index (χ4n) is 6.10. The summed E-state index contributed by atoms with van der Waals surface area (Å²) in [6, 6.07) is 5.63. The first-order valence-electron chi connectivity index (χ1n) is 13.0. The first kappa shape index (κ1) is 30.4. The lowest BCUT2D eigenvalue weighted by atomic mass is 9.52. The molecule has 3 aliphatic rings. The van der Waals surface area contributed by atoms with Crippen LogP contribution in [0.2, 0.25) is 0 Å². The van der Waals surface area contributed by atoms with E-state index in [2.05, 4.69) is 46.2 Å². The van der Waals surface area contributed by atoms with Gasteiger partial charge in [-0.2, -0.15) is 0 Å². The Bertz CT molecular complexity index is 1720. The Balaban J connectivity index is 1.72. The van der Waals surface area contributed by atoms with Crippen LogP contribution in [0.5, 0.6) is 0 Å². The number of carboxylic acids is 2. The summed E-state index contributed by atoms with van der Waals surface area (Å²) in [7, 11) is 0. The average molecular weight is 579 g/mol. The molecule has 0 saturated heterocycles. The number of amides is 2. The van der Waals surface area contributed by atoms with E-state index in [4.69, 9.17) is 38.5 Å². The lowest BCUT2D eigenvalue weighted by molar-refractivity contribution is -0.166. The number of terminal acetylenes is 6. The van der Waals surface area contributed by atoms with Crippen LogP contribution in [0.15, 0.2) is 36.4 Å². The van der Waals surface area contributed by atoms with Crippen LogP contribution in [-0.4, -0.2) is 34.0 Å². The van der Waals surface area contributed by atoms with Gasteiger partial charge in [0, 0.05) is 45.5 Å². The van der Waals surface area contributed by atoms with Crippen molar-refractivity contribution in [3.05, 3.63) is 69.8 Å². The van der Waals surface area contributed by atoms with E-state index in [1.165, 1.54) is 36.4 Å². The Morgan fingerprint density at radius 3 is 1.05 bits per heavy atom. The number of anilines is 2. The molecule has 8 nitrogen and oxygen atoms in total. The van der Waals surface area contributed by atoms with E-state index in [0.29, 0.717) is 0 Å². The number of nitrogens with one attached hydrogen (secondary N) is 2. The van der Waals surface area contributed by atoms with Gasteiger partial charge >= 0.3 is 11.9 Å². The van der Waals surface area contributed by atoms with E-state index >= 15 is 0 Å². The molecule has 212 valence electrons. The predicted octanol–water partition coefficient (Wildman–Crippen LogP) is 2.60. The van der Waals surface area contributed by atoms with Gasteiger partial charge in [0.15, 0.2) is 0 Å². The van der Waals surface area contributed by atoms with Crippen LogP contribution in [0.1, 0.15) is 33.4 Å². The molecule has 2 aromatic rings. The maximum Gasteiger partial charge on any atom is 0.307 e. The molecule has 4 N–H and O–H groups in total. The first-order chi connectivity index (χ1) is 21.0. The van der Waals surface area contributed by atoms with Crippen LogP contribution in [-0.2, 0) is 19.2 Å². The minimum atomic E-state index is -1.45. The highest BCUT2D eigenvalue weighted by atomic mass is 16.4. The molecule has 1 fully saturated rings. The zero-order valence-corrected chi connectivity index (χ0v) is 22.9. The van der Waals surface area contributed by atoms with E-state index in [1.807, 2.05) is 0 Å². The maximum absolute atomic E-state index is 13.7. The molecule has 1 saturated carbocycles. The summed E-state index contributed by atoms with van der Waals surface area (Å²) < 4.78 is 0. The molecule has 3 aliphatic carbocycles. The molecule has 0 heterocycles. The molecule has 8 heteroatoms. The molecular weight excluding hydrogens is 556 g/mol. The van der Waals surface area contributed by atoms with Crippen molar-refractivity contribution < 1.29 is 29.4 Å². The Kier molecular flexibility index (Phi) is 8.36. The van der Waals surface area contributed by atoms with Gasteiger partial charge in [-0.3, -0.25) is 19.2 Å². The third-order valence-electron chi connectivity index (χ3n) is 7.89. The van der Waals surface area contributed by atoms with Crippen molar-refractivity contribution >= 4 is 35.1 Å². The van der Waals surface area contributed by atoms with E-state index < -0.39 is 59.3 Å². The SMILES string of the molecule is C#Cc1cc(NC(=O)C2C3C=CC(C2C(=O)O)C(C(=O)Nc2cc(C#C)c(C#C)c(C#C)c2)C3C(=O)O)cc(C#C)c1C#C. The summed E-state index contributed by atoms with van der Waals surface area (Å²) >= 11 is 0. The fraction of sp³-hybridized carbons (Fsp3) is 0.167. The molecular formula is C36H22N2O6. The van der Waals surface area contributed by atoms with Crippen LogP contribution < -0.4 is 10.6 Å². The largest absolute Gasteiger partial charge is 0.481 e. The average Bonchev–Trinajstić information content (AvgIpc) is 3.02. The number of fused-ring (bicyclic) bond motifs is 2. The predicted molar refractivity (Wildman–Crippen MR) is 163 cm³/mol. The normalized spacial score (nSPS) is 22.4. The van der Waals surface area contributed by atoms with Crippen molar-refractivity contribution in [2.45, 2.75) is 0 Å². The van der Waals surface area contributed by atoms with Gasteiger partial charge in [0.1, 0.15) is 0 Å². The highest BCUT2D eigenvalue weighted by Crippen LogP contribution is 2.52. The zero-order chi connectivity index (χ0) is 32.3. The summed E-state index contributed by atoms with van der Waals surface area (Å²) in [6.45, 7) is 0. The van der Waals surface area contributed by atoms with Gasteiger partial charge in [0.2, 0.25) is 11.8 Å². The van der Waals surface area contributed by atoms with E-state index in [0.717, 1.165) is 0 Å². The number of hydrogen-bond acceptors (Lipinski definition) is 4. The van der Waals surface area contributed by atoms with E-state index in [-0.39, 0.29) is 44.8 Å². The number of aliphatic carboxylic acids is 2. The van der Waals surface area contributed by atoms with Gasteiger partial charge in [-0.1, -0.05) is 47.7 Å². The van der Waals surface area contributed by atoms with Crippen molar-refractivity contribution in [1.82, 2.24) is 0 Å². The molecule has 5 rings (SSSR count). The molecule has 0 radical (unpaired) electrons. The van der Waals surface area contributed by atoms with E-state index in [1.54, 1.807) is 0 Å². The highest BCUT2D eigenvalue weighted by molar-refractivity contribution is 6.01.